The summed E-state index contributed by atoms with van der Waals surface area (Å²) in [5.41, 5.74) is 0.775. The van der Waals surface area contributed by atoms with Gasteiger partial charge in [0.2, 0.25) is 5.56 Å². The summed E-state index contributed by atoms with van der Waals surface area (Å²) in [5, 5.41) is 2.74. The normalized spacial score (nSPS) is 10.0. The van der Waals surface area contributed by atoms with Gasteiger partial charge in [0.05, 0.1) is 14.2 Å². The SMILES string of the molecule is COc1ccc(OC)c(CNC(=O)c2cc[nH]c(=O)c2)c1. The van der Waals surface area contributed by atoms with Gasteiger partial charge in [0, 0.05) is 29.9 Å². The number of aromatic nitrogens is 1. The Bertz CT molecular complexity index is 694. The van der Waals surface area contributed by atoms with Crippen LogP contribution >= 0.6 is 0 Å². The van der Waals surface area contributed by atoms with Gasteiger partial charge in [0.1, 0.15) is 11.5 Å². The van der Waals surface area contributed by atoms with Crippen LogP contribution in [0.4, 0.5) is 0 Å². The molecule has 0 bridgehead atoms. The maximum atomic E-state index is 12.0. The molecule has 2 aromatic rings. The molecule has 110 valence electrons. The zero-order valence-electron chi connectivity index (χ0n) is 11.8. The first-order valence-electron chi connectivity index (χ1n) is 6.32. The minimum atomic E-state index is -0.328. The van der Waals surface area contributed by atoms with E-state index in [2.05, 4.69) is 10.3 Å². The van der Waals surface area contributed by atoms with Gasteiger partial charge in [0.25, 0.3) is 5.91 Å². The van der Waals surface area contributed by atoms with E-state index in [0.29, 0.717) is 17.1 Å². The molecule has 0 fully saturated rings. The number of ether oxygens (including phenoxy) is 2. The average molecular weight is 288 g/mol. The number of H-pyrrole nitrogens is 1. The second-order valence-corrected chi connectivity index (χ2v) is 4.30. The van der Waals surface area contributed by atoms with Crippen molar-refractivity contribution in [1.82, 2.24) is 10.3 Å². The van der Waals surface area contributed by atoms with E-state index in [1.54, 1.807) is 38.5 Å². The van der Waals surface area contributed by atoms with Gasteiger partial charge in [-0.2, -0.15) is 0 Å². The van der Waals surface area contributed by atoms with Crippen LogP contribution in [0.3, 0.4) is 0 Å². The summed E-state index contributed by atoms with van der Waals surface area (Å²) < 4.78 is 10.4. The molecule has 1 aromatic carbocycles. The van der Waals surface area contributed by atoms with E-state index in [0.717, 1.165) is 5.56 Å². The van der Waals surface area contributed by atoms with E-state index in [1.165, 1.54) is 12.3 Å². The van der Waals surface area contributed by atoms with Crippen molar-refractivity contribution >= 4 is 5.91 Å². The number of hydrogen-bond acceptors (Lipinski definition) is 4. The van der Waals surface area contributed by atoms with E-state index >= 15 is 0 Å². The molecule has 6 nitrogen and oxygen atoms in total. The van der Waals surface area contributed by atoms with Gasteiger partial charge in [-0.1, -0.05) is 0 Å². The van der Waals surface area contributed by atoms with Gasteiger partial charge in [-0.15, -0.1) is 0 Å². The summed E-state index contributed by atoms with van der Waals surface area (Å²) in [6.07, 6.45) is 1.43. The molecule has 2 N–H and O–H groups in total. The van der Waals surface area contributed by atoms with Crippen LogP contribution in [0.2, 0.25) is 0 Å². The lowest BCUT2D eigenvalue weighted by molar-refractivity contribution is 0.0950. The molecule has 1 amide bonds. The number of rotatable bonds is 5. The summed E-state index contributed by atoms with van der Waals surface area (Å²) in [6.45, 7) is 0.270. The Labute approximate surface area is 121 Å². The fourth-order valence-corrected chi connectivity index (χ4v) is 1.88. The van der Waals surface area contributed by atoms with E-state index in [4.69, 9.17) is 9.47 Å². The molecule has 0 aliphatic carbocycles. The van der Waals surface area contributed by atoms with Crippen LogP contribution in [-0.4, -0.2) is 25.1 Å². The average Bonchev–Trinajstić information content (AvgIpc) is 2.52. The fourth-order valence-electron chi connectivity index (χ4n) is 1.88. The lowest BCUT2D eigenvalue weighted by atomic mass is 10.1. The van der Waals surface area contributed by atoms with Gasteiger partial charge in [-0.05, 0) is 24.3 Å². The molecule has 0 aliphatic heterocycles. The minimum absolute atomic E-state index is 0.270. The highest BCUT2D eigenvalue weighted by atomic mass is 16.5. The number of aromatic amines is 1. The lowest BCUT2D eigenvalue weighted by Gasteiger charge is -2.11. The first-order valence-corrected chi connectivity index (χ1v) is 6.32. The number of benzene rings is 1. The fraction of sp³-hybridized carbons (Fsp3) is 0.200. The van der Waals surface area contributed by atoms with Crippen LogP contribution < -0.4 is 20.3 Å². The van der Waals surface area contributed by atoms with Gasteiger partial charge in [-0.25, -0.2) is 0 Å². The molecule has 0 saturated heterocycles. The van der Waals surface area contributed by atoms with Gasteiger partial charge in [-0.3, -0.25) is 9.59 Å². The molecule has 0 spiro atoms. The van der Waals surface area contributed by atoms with Crippen LogP contribution in [0.15, 0.2) is 41.3 Å². The first-order chi connectivity index (χ1) is 10.1. The topological polar surface area (TPSA) is 80.4 Å². The molecule has 21 heavy (non-hydrogen) atoms. The summed E-state index contributed by atoms with van der Waals surface area (Å²) in [7, 11) is 3.13. The predicted molar refractivity (Wildman–Crippen MR) is 77.8 cm³/mol. The number of nitrogens with one attached hydrogen (secondary N) is 2. The van der Waals surface area contributed by atoms with Crippen LogP contribution in [-0.2, 0) is 6.54 Å². The van der Waals surface area contributed by atoms with Crippen molar-refractivity contribution in [3.8, 4) is 11.5 Å². The van der Waals surface area contributed by atoms with Crippen LogP contribution in [0.5, 0.6) is 11.5 Å². The third-order valence-corrected chi connectivity index (χ3v) is 2.96. The maximum absolute atomic E-state index is 12.0. The highest BCUT2D eigenvalue weighted by Crippen LogP contribution is 2.23. The predicted octanol–water partition coefficient (Wildman–Crippen LogP) is 1.32. The number of methoxy groups -OCH3 is 2. The zero-order valence-corrected chi connectivity index (χ0v) is 11.8. The zero-order chi connectivity index (χ0) is 15.2. The highest BCUT2D eigenvalue weighted by molar-refractivity contribution is 5.93. The van der Waals surface area contributed by atoms with E-state index in [1.807, 2.05) is 0 Å². The molecule has 0 radical (unpaired) electrons. The second kappa shape index (κ2) is 6.60. The van der Waals surface area contributed by atoms with E-state index in [9.17, 15) is 9.59 Å². The molecule has 0 unspecified atom stereocenters. The quantitative estimate of drug-likeness (QED) is 0.869. The van der Waals surface area contributed by atoms with Crippen LogP contribution in [0, 0.1) is 0 Å². The first kappa shape index (κ1) is 14.6. The molecular weight excluding hydrogens is 272 g/mol. The van der Waals surface area contributed by atoms with Crippen molar-refractivity contribution < 1.29 is 14.3 Å². The Balaban J connectivity index is 2.12. The molecule has 2 rings (SSSR count). The summed E-state index contributed by atoms with van der Waals surface area (Å²) in [4.78, 5) is 25.6. The van der Waals surface area contributed by atoms with Crippen LogP contribution in [0.25, 0.3) is 0 Å². The molecule has 0 atom stereocenters. The van der Waals surface area contributed by atoms with Crippen molar-refractivity contribution in [2.75, 3.05) is 14.2 Å². The Morgan fingerprint density at radius 1 is 1.19 bits per heavy atom. The summed E-state index contributed by atoms with van der Waals surface area (Å²) in [5.74, 6) is 1.00. The van der Waals surface area contributed by atoms with Gasteiger partial charge < -0.3 is 19.8 Å². The van der Waals surface area contributed by atoms with Crippen molar-refractivity contribution in [3.63, 3.8) is 0 Å². The molecule has 1 aromatic heterocycles. The second-order valence-electron chi connectivity index (χ2n) is 4.30. The van der Waals surface area contributed by atoms with Crippen LogP contribution in [0.1, 0.15) is 15.9 Å². The molecule has 1 heterocycles. The highest BCUT2D eigenvalue weighted by Gasteiger charge is 2.09. The third-order valence-electron chi connectivity index (χ3n) is 2.96. The molecule has 0 saturated carbocycles. The van der Waals surface area contributed by atoms with E-state index in [-0.39, 0.29) is 18.0 Å². The van der Waals surface area contributed by atoms with Gasteiger partial charge in [0.15, 0.2) is 0 Å². The van der Waals surface area contributed by atoms with Crippen molar-refractivity contribution in [2.24, 2.45) is 0 Å². The number of carbonyl (C=O) groups is 1. The molecule has 6 heteroatoms. The number of hydrogen-bond donors (Lipinski definition) is 2. The number of carbonyl (C=O) groups excluding carboxylic acids is 1. The van der Waals surface area contributed by atoms with Crippen molar-refractivity contribution in [1.29, 1.82) is 0 Å². The van der Waals surface area contributed by atoms with E-state index < -0.39 is 0 Å². The molecular formula is C15H16N2O4. The smallest absolute Gasteiger partial charge is 0.251 e. The number of pyridine rings is 1. The Morgan fingerprint density at radius 3 is 2.67 bits per heavy atom. The standard InChI is InChI=1S/C15H16N2O4/c1-20-12-3-4-13(21-2)11(7-12)9-17-15(19)10-5-6-16-14(18)8-10/h3-8H,9H2,1-2H3,(H,16,18)(H,17,19). The minimum Gasteiger partial charge on any atom is -0.497 e. The monoisotopic (exact) mass is 288 g/mol. The third kappa shape index (κ3) is 3.62. The summed E-state index contributed by atoms with van der Waals surface area (Å²) >= 11 is 0. The Hall–Kier alpha value is -2.76. The maximum Gasteiger partial charge on any atom is 0.251 e. The van der Waals surface area contributed by atoms with Crippen molar-refractivity contribution in [2.45, 2.75) is 6.54 Å². The number of amides is 1. The lowest BCUT2D eigenvalue weighted by Crippen LogP contribution is -2.24. The molecule has 0 aliphatic rings. The van der Waals surface area contributed by atoms with Crippen molar-refractivity contribution in [3.05, 3.63) is 58.0 Å². The van der Waals surface area contributed by atoms with Gasteiger partial charge >= 0.3 is 0 Å². The largest absolute Gasteiger partial charge is 0.497 e. The Kier molecular flexibility index (Phi) is 4.61. The summed E-state index contributed by atoms with van der Waals surface area (Å²) in [6, 6.07) is 8.13. The Morgan fingerprint density at radius 2 is 2.00 bits per heavy atom.